The predicted octanol–water partition coefficient (Wildman–Crippen LogP) is 0.406. The van der Waals surface area contributed by atoms with Crippen LogP contribution in [0.2, 0.25) is 0 Å². The van der Waals surface area contributed by atoms with Crippen LogP contribution in [0.25, 0.3) is 0 Å². The summed E-state index contributed by atoms with van der Waals surface area (Å²) in [5, 5.41) is 8.52. The molecular weight excluding hydrogens is 176 g/mol. The van der Waals surface area contributed by atoms with Crippen LogP contribution in [-0.2, 0) is 11.2 Å². The van der Waals surface area contributed by atoms with Gasteiger partial charge in [0.2, 0.25) is 0 Å². The second-order valence-electron chi connectivity index (χ2n) is 2.50. The van der Waals surface area contributed by atoms with E-state index in [2.05, 4.69) is 4.98 Å². The third kappa shape index (κ3) is 2.02. The molecule has 3 N–H and O–H groups in total. The van der Waals surface area contributed by atoms with E-state index >= 15 is 0 Å². The van der Waals surface area contributed by atoms with Crippen molar-refractivity contribution in [1.29, 1.82) is 0 Å². The molecule has 1 aromatic rings. The second-order valence-corrected chi connectivity index (χ2v) is 3.56. The molecule has 0 radical (unpaired) electrons. The fourth-order valence-corrected chi connectivity index (χ4v) is 1.43. The van der Waals surface area contributed by atoms with E-state index < -0.39 is 12.0 Å². The zero-order chi connectivity index (χ0) is 9.14. The van der Waals surface area contributed by atoms with Crippen molar-refractivity contribution in [3.05, 3.63) is 16.1 Å². The Labute approximate surface area is 74.0 Å². The number of aromatic nitrogens is 1. The van der Waals surface area contributed by atoms with Crippen LogP contribution in [0, 0.1) is 6.92 Å². The van der Waals surface area contributed by atoms with Crippen LogP contribution in [0.5, 0.6) is 0 Å². The van der Waals surface area contributed by atoms with Crippen LogP contribution in [0.15, 0.2) is 5.51 Å². The molecule has 0 saturated heterocycles. The molecule has 12 heavy (non-hydrogen) atoms. The average Bonchev–Trinajstić information content (AvgIpc) is 2.36. The minimum atomic E-state index is -0.984. The molecule has 1 atom stereocenters. The van der Waals surface area contributed by atoms with Crippen LogP contribution >= 0.6 is 11.3 Å². The lowest BCUT2D eigenvalue weighted by molar-refractivity contribution is -0.138. The third-order valence-corrected chi connectivity index (χ3v) is 2.37. The first-order chi connectivity index (χ1) is 5.61. The molecule has 66 valence electrons. The van der Waals surface area contributed by atoms with E-state index in [-0.39, 0.29) is 0 Å². The van der Waals surface area contributed by atoms with Crippen molar-refractivity contribution in [3.8, 4) is 0 Å². The maximum Gasteiger partial charge on any atom is 0.320 e. The van der Waals surface area contributed by atoms with Crippen molar-refractivity contribution in [2.45, 2.75) is 19.4 Å². The molecular formula is C7H10N2O2S. The van der Waals surface area contributed by atoms with Crippen molar-refractivity contribution in [3.63, 3.8) is 0 Å². The van der Waals surface area contributed by atoms with Gasteiger partial charge in [0.1, 0.15) is 6.04 Å². The van der Waals surface area contributed by atoms with E-state index in [0.29, 0.717) is 6.42 Å². The van der Waals surface area contributed by atoms with Gasteiger partial charge in [-0.15, -0.1) is 11.3 Å². The van der Waals surface area contributed by atoms with Gasteiger partial charge in [-0.1, -0.05) is 0 Å². The van der Waals surface area contributed by atoms with Crippen LogP contribution < -0.4 is 5.73 Å². The number of nitrogens with zero attached hydrogens (tertiary/aromatic N) is 1. The molecule has 1 unspecified atom stereocenters. The quantitative estimate of drug-likeness (QED) is 0.716. The smallest absolute Gasteiger partial charge is 0.320 e. The van der Waals surface area contributed by atoms with E-state index in [1.54, 1.807) is 5.51 Å². The van der Waals surface area contributed by atoms with Crippen molar-refractivity contribution in [2.75, 3.05) is 0 Å². The Morgan fingerprint density at radius 1 is 1.92 bits per heavy atom. The number of nitrogens with two attached hydrogens (primary N) is 1. The summed E-state index contributed by atoms with van der Waals surface area (Å²) in [6, 6.07) is -0.842. The lowest BCUT2D eigenvalue weighted by Gasteiger charge is -2.03. The Morgan fingerprint density at radius 3 is 3.00 bits per heavy atom. The summed E-state index contributed by atoms with van der Waals surface area (Å²) in [5.74, 6) is -0.984. The number of aryl methyl sites for hydroxylation is 1. The van der Waals surface area contributed by atoms with Crippen molar-refractivity contribution >= 4 is 17.3 Å². The Balaban J connectivity index is 2.64. The lowest BCUT2D eigenvalue weighted by Crippen LogP contribution is -2.32. The molecule has 0 bridgehead atoms. The van der Waals surface area contributed by atoms with E-state index in [0.717, 1.165) is 10.6 Å². The average molecular weight is 186 g/mol. The summed E-state index contributed by atoms with van der Waals surface area (Å²) >= 11 is 1.50. The molecule has 1 heterocycles. The molecule has 0 amide bonds. The molecule has 4 nitrogen and oxygen atoms in total. The summed E-state index contributed by atoms with van der Waals surface area (Å²) in [5.41, 5.74) is 7.82. The molecule has 0 spiro atoms. The first-order valence-corrected chi connectivity index (χ1v) is 4.36. The summed E-state index contributed by atoms with van der Waals surface area (Å²) in [6.45, 7) is 1.90. The summed E-state index contributed by atoms with van der Waals surface area (Å²) in [6.07, 6.45) is 0.310. The zero-order valence-electron chi connectivity index (χ0n) is 6.65. The van der Waals surface area contributed by atoms with Crippen LogP contribution in [-0.4, -0.2) is 22.1 Å². The van der Waals surface area contributed by atoms with Gasteiger partial charge in [-0.2, -0.15) is 0 Å². The van der Waals surface area contributed by atoms with E-state index in [1.807, 2.05) is 6.92 Å². The lowest BCUT2D eigenvalue weighted by atomic mass is 10.1. The maximum absolute atomic E-state index is 10.4. The van der Waals surface area contributed by atoms with E-state index in [4.69, 9.17) is 10.8 Å². The normalized spacial score (nSPS) is 12.8. The molecule has 0 aliphatic rings. The number of aliphatic carboxylic acids is 1. The molecule has 0 aliphatic carbocycles. The Bertz CT molecular complexity index is 285. The zero-order valence-corrected chi connectivity index (χ0v) is 7.47. The van der Waals surface area contributed by atoms with Crippen molar-refractivity contribution in [2.24, 2.45) is 5.73 Å². The summed E-state index contributed by atoms with van der Waals surface area (Å²) < 4.78 is 0. The van der Waals surface area contributed by atoms with Crippen molar-refractivity contribution < 1.29 is 9.90 Å². The highest BCUT2D eigenvalue weighted by atomic mass is 32.1. The summed E-state index contributed by atoms with van der Waals surface area (Å²) in [4.78, 5) is 15.4. The fourth-order valence-electron chi connectivity index (χ4n) is 0.820. The number of thiazole rings is 1. The van der Waals surface area contributed by atoms with Crippen LogP contribution in [0.1, 0.15) is 10.6 Å². The highest BCUT2D eigenvalue weighted by Gasteiger charge is 2.14. The third-order valence-electron chi connectivity index (χ3n) is 1.57. The number of rotatable bonds is 3. The molecule has 5 heteroatoms. The molecule has 0 aliphatic heterocycles. The molecule has 0 saturated carbocycles. The van der Waals surface area contributed by atoms with Gasteiger partial charge in [0.15, 0.2) is 0 Å². The number of hydrogen-bond donors (Lipinski definition) is 2. The maximum atomic E-state index is 10.4. The van der Waals surface area contributed by atoms with Crippen LogP contribution in [0.4, 0.5) is 0 Å². The number of carboxylic acids is 1. The van der Waals surface area contributed by atoms with Gasteiger partial charge in [-0.3, -0.25) is 4.79 Å². The highest BCUT2D eigenvalue weighted by Crippen LogP contribution is 2.12. The molecule has 1 aromatic heterocycles. The Kier molecular flexibility index (Phi) is 2.78. The van der Waals surface area contributed by atoms with Crippen molar-refractivity contribution in [1.82, 2.24) is 4.98 Å². The van der Waals surface area contributed by atoms with Gasteiger partial charge in [-0.25, -0.2) is 4.98 Å². The van der Waals surface area contributed by atoms with Gasteiger partial charge >= 0.3 is 5.97 Å². The van der Waals surface area contributed by atoms with Gasteiger partial charge in [0.05, 0.1) is 11.2 Å². The van der Waals surface area contributed by atoms with Gasteiger partial charge < -0.3 is 10.8 Å². The predicted molar refractivity (Wildman–Crippen MR) is 46.2 cm³/mol. The summed E-state index contributed by atoms with van der Waals surface area (Å²) in [7, 11) is 0. The van der Waals surface area contributed by atoms with Gasteiger partial charge in [0.25, 0.3) is 0 Å². The number of hydrogen-bond acceptors (Lipinski definition) is 4. The fraction of sp³-hybridized carbons (Fsp3) is 0.429. The topological polar surface area (TPSA) is 76.2 Å². The molecule has 0 fully saturated rings. The second kappa shape index (κ2) is 3.64. The minimum absolute atomic E-state index is 0.310. The monoisotopic (exact) mass is 186 g/mol. The van der Waals surface area contributed by atoms with E-state index in [9.17, 15) is 4.79 Å². The number of carbonyl (C=O) groups is 1. The van der Waals surface area contributed by atoms with E-state index in [1.165, 1.54) is 11.3 Å². The number of carboxylic acid groups (broad SMARTS) is 1. The van der Waals surface area contributed by atoms with Gasteiger partial charge in [-0.05, 0) is 6.92 Å². The first-order valence-electron chi connectivity index (χ1n) is 3.48. The van der Waals surface area contributed by atoms with Gasteiger partial charge in [0, 0.05) is 11.3 Å². The Hall–Kier alpha value is -0.940. The van der Waals surface area contributed by atoms with Crippen LogP contribution in [0.3, 0.4) is 0 Å². The molecule has 0 aromatic carbocycles. The molecule has 1 rings (SSSR count). The highest BCUT2D eigenvalue weighted by molar-refractivity contribution is 7.09. The standard InChI is InChI=1S/C7H10N2O2S/c1-4-6(9-3-12-4)2-5(8)7(10)11/h3,5H,2,8H2,1H3,(H,10,11). The first kappa shape index (κ1) is 9.15. The largest absolute Gasteiger partial charge is 0.480 e. The minimum Gasteiger partial charge on any atom is -0.480 e. The Morgan fingerprint density at radius 2 is 2.58 bits per heavy atom. The SMILES string of the molecule is Cc1scnc1CC(N)C(=O)O.